The number of ether oxygens (including phenoxy) is 2. The van der Waals surface area contributed by atoms with Gasteiger partial charge in [0.1, 0.15) is 0 Å². The molecular weight excluding hydrogens is 831 g/mol. The van der Waals surface area contributed by atoms with Crippen LogP contribution in [0.4, 0.5) is 0 Å². The molecule has 2 heterocycles. The van der Waals surface area contributed by atoms with E-state index in [1.54, 1.807) is 14.2 Å². The number of fused-ring (bicyclic) bond motifs is 2. The quantitative estimate of drug-likeness (QED) is 0.157. The maximum Gasteiger partial charge on any atom is -1.00 e. The minimum atomic E-state index is -2.76. The number of hydrogen-bond donors (Lipinski definition) is 0. The Bertz CT molecular complexity index is 2410. The molecule has 0 spiro atoms. The van der Waals surface area contributed by atoms with Crippen molar-refractivity contribution < 1.29 is 63.5 Å². The predicted molar refractivity (Wildman–Crippen MR) is 221 cm³/mol. The summed E-state index contributed by atoms with van der Waals surface area (Å²) in [5, 5.41) is 0. The Kier molecular flexibility index (Phi) is 12.4. The maximum absolute atomic E-state index is 6.60. The van der Waals surface area contributed by atoms with Gasteiger partial charge in [-0.3, -0.25) is 0 Å². The average Bonchev–Trinajstić information content (AvgIpc) is 3.96. The first-order valence-electron chi connectivity index (χ1n) is 18.8. The fraction of sp³-hybridized carbons (Fsp3) is 0.250. The van der Waals surface area contributed by atoms with Gasteiger partial charge in [0.05, 0.1) is 0 Å². The molecule has 286 valence electrons. The van der Waals surface area contributed by atoms with E-state index in [2.05, 4.69) is 152 Å². The summed E-state index contributed by atoms with van der Waals surface area (Å²) in [6, 6.07) is 30.6. The van der Waals surface area contributed by atoms with Crippen molar-refractivity contribution in [2.45, 2.75) is 61.9 Å². The molecule has 2 atom stereocenters. The van der Waals surface area contributed by atoms with E-state index in [0.717, 1.165) is 45.7 Å². The van der Waals surface area contributed by atoms with Crippen molar-refractivity contribution in [3.05, 3.63) is 152 Å². The van der Waals surface area contributed by atoms with Gasteiger partial charge >= 0.3 is 330 Å². The van der Waals surface area contributed by atoms with E-state index in [1.165, 1.54) is 66.8 Å². The normalized spacial score (nSPS) is 15.1. The zero-order chi connectivity index (χ0) is 38.0. The largest absolute Gasteiger partial charge is 1.00 e. The summed E-state index contributed by atoms with van der Waals surface area (Å²) in [4.78, 5) is 0. The second kappa shape index (κ2) is 16.6. The van der Waals surface area contributed by atoms with Crippen LogP contribution in [0.15, 0.2) is 93.8 Å². The molecule has 0 radical (unpaired) electrons. The fourth-order valence-corrected chi connectivity index (χ4v) is 28.7. The number of aryl methyl sites for hydroxylation is 4. The molecule has 4 nitrogen and oxygen atoms in total. The van der Waals surface area contributed by atoms with Gasteiger partial charge in [-0.2, -0.15) is 0 Å². The van der Waals surface area contributed by atoms with Gasteiger partial charge in [0.2, 0.25) is 0 Å². The van der Waals surface area contributed by atoms with Crippen LogP contribution in [0.5, 0.6) is 11.5 Å². The molecule has 0 amide bonds. The molecule has 2 unspecified atom stereocenters. The number of benzene rings is 4. The summed E-state index contributed by atoms with van der Waals surface area (Å²) in [6.07, 6.45) is 4.96. The molecular formula is C48H48Cl2O4SiZr. The number of methoxy groups -OCH3 is 2. The van der Waals surface area contributed by atoms with Crippen molar-refractivity contribution in [2.24, 2.45) is 0 Å². The van der Waals surface area contributed by atoms with E-state index in [1.807, 2.05) is 0 Å². The number of allylic oxidation sites excluding steroid dienone is 2. The molecule has 0 fully saturated rings. The van der Waals surface area contributed by atoms with E-state index in [4.69, 9.17) is 18.3 Å². The molecule has 0 saturated carbocycles. The van der Waals surface area contributed by atoms with Crippen molar-refractivity contribution >= 4 is 28.7 Å². The molecule has 0 bridgehead atoms. The molecule has 2 aliphatic carbocycles. The summed E-state index contributed by atoms with van der Waals surface area (Å²) in [7, 11) is 3.55. The molecule has 2 aromatic heterocycles. The minimum absolute atomic E-state index is 0. The van der Waals surface area contributed by atoms with Gasteiger partial charge in [-0.05, 0) is 0 Å². The Labute approximate surface area is 352 Å². The van der Waals surface area contributed by atoms with Gasteiger partial charge in [-0.1, -0.05) is 0 Å². The van der Waals surface area contributed by atoms with Crippen LogP contribution in [0, 0.1) is 41.5 Å². The van der Waals surface area contributed by atoms with Crippen LogP contribution in [0.25, 0.3) is 45.6 Å². The minimum Gasteiger partial charge on any atom is -1.00 e. The number of rotatable bonds is 8. The SMILES string of the molecule is COc1ccccc1-c1c(C)c(C)cc2c1C=C(c1ccc(C)o1)[CH]2[Zr+2]([CH]1C(c2ccc(C)o2)=Cc2c1cc(C)c(C)c2-c1ccccc1OC)=[Si](C)C.[Cl-].[Cl-]. The van der Waals surface area contributed by atoms with Gasteiger partial charge in [0.25, 0.3) is 0 Å². The number of furan rings is 2. The first-order chi connectivity index (χ1) is 26.0. The van der Waals surface area contributed by atoms with E-state index >= 15 is 0 Å². The predicted octanol–water partition coefficient (Wildman–Crippen LogP) is 6.84. The number of halogens is 2. The number of para-hydroxylation sites is 2. The molecule has 0 N–H and O–H groups in total. The summed E-state index contributed by atoms with van der Waals surface area (Å²) in [6.45, 7) is 18.4. The molecule has 8 rings (SSSR count). The molecule has 56 heavy (non-hydrogen) atoms. The zero-order valence-electron chi connectivity index (χ0n) is 33.8. The first-order valence-corrected chi connectivity index (χ1v) is 27.8. The Balaban J connectivity index is 0.00000266. The summed E-state index contributed by atoms with van der Waals surface area (Å²) < 4.78 is 25.7. The summed E-state index contributed by atoms with van der Waals surface area (Å²) >= 11 is -2.76. The van der Waals surface area contributed by atoms with Crippen LogP contribution in [0.1, 0.15) is 74.8 Å². The van der Waals surface area contributed by atoms with E-state index in [0.29, 0.717) is 0 Å². The molecule has 6 aromatic rings. The third kappa shape index (κ3) is 6.95. The molecule has 8 heteroatoms. The van der Waals surface area contributed by atoms with Crippen LogP contribution >= 0.6 is 0 Å². The smallest absolute Gasteiger partial charge is 1.00 e. The topological polar surface area (TPSA) is 44.7 Å². The molecule has 2 aliphatic rings. The zero-order valence-corrected chi connectivity index (χ0v) is 38.8. The second-order valence-electron chi connectivity index (χ2n) is 15.1. The van der Waals surface area contributed by atoms with Gasteiger partial charge in [-0.15, -0.1) is 0 Å². The summed E-state index contributed by atoms with van der Waals surface area (Å²) in [5.41, 5.74) is 17.4. The van der Waals surface area contributed by atoms with Gasteiger partial charge in [0.15, 0.2) is 0 Å². The third-order valence-corrected chi connectivity index (χ3v) is 30.9. The molecule has 4 aromatic carbocycles. The van der Waals surface area contributed by atoms with Crippen molar-refractivity contribution in [2.75, 3.05) is 14.2 Å². The monoisotopic (exact) mass is 876 g/mol. The maximum atomic E-state index is 6.60. The Morgan fingerprint density at radius 1 is 0.554 bits per heavy atom. The van der Waals surface area contributed by atoms with Gasteiger partial charge in [0, 0.05) is 0 Å². The van der Waals surface area contributed by atoms with Crippen LogP contribution in [0.3, 0.4) is 0 Å². The standard InChI is InChI=1S/2C23H21O2.C2H6Si.2ClH.Zr/c2*1-14-11-17-12-18(21-10-9-15(2)25-21)13-20(17)23(16(14)3)19-7-5-6-8-22(19)24-4;1-3-2;;;/h2*5-13H,1-4H3;1-2H3;2*1H;/q;;;;;+2/p-2. The van der Waals surface area contributed by atoms with E-state index in [-0.39, 0.29) is 32.1 Å². The van der Waals surface area contributed by atoms with Crippen molar-refractivity contribution in [3.8, 4) is 33.8 Å². The van der Waals surface area contributed by atoms with E-state index < -0.39 is 25.8 Å². The Morgan fingerprint density at radius 2 is 0.946 bits per heavy atom. The van der Waals surface area contributed by atoms with Gasteiger partial charge in [-0.25, -0.2) is 0 Å². The van der Waals surface area contributed by atoms with Crippen LogP contribution < -0.4 is 34.3 Å². The van der Waals surface area contributed by atoms with Crippen molar-refractivity contribution in [3.63, 3.8) is 0 Å². The number of hydrogen-bond acceptors (Lipinski definition) is 4. The van der Waals surface area contributed by atoms with Crippen LogP contribution in [0.2, 0.25) is 13.1 Å². The molecule has 0 saturated heterocycles. The third-order valence-electron chi connectivity index (χ3n) is 11.7. The van der Waals surface area contributed by atoms with Crippen LogP contribution in [-0.4, -0.2) is 19.7 Å². The van der Waals surface area contributed by atoms with E-state index in [9.17, 15) is 0 Å². The fourth-order valence-electron chi connectivity index (χ4n) is 8.94. The molecule has 0 aliphatic heterocycles. The Morgan fingerprint density at radius 3 is 1.29 bits per heavy atom. The summed E-state index contributed by atoms with van der Waals surface area (Å²) in [5.74, 6) is 5.65. The van der Waals surface area contributed by atoms with Gasteiger partial charge < -0.3 is 24.8 Å². The van der Waals surface area contributed by atoms with Crippen molar-refractivity contribution in [1.29, 1.82) is 0 Å². The van der Waals surface area contributed by atoms with Crippen LogP contribution in [-0.2, 0) is 20.4 Å². The first kappa shape index (κ1) is 41.8. The van der Waals surface area contributed by atoms with Crippen molar-refractivity contribution in [1.82, 2.24) is 0 Å². The second-order valence-corrected chi connectivity index (χ2v) is 33.0. The Hall–Kier alpha value is -3.80. The average molecular weight is 879 g/mol.